The van der Waals surface area contributed by atoms with Crippen molar-refractivity contribution in [2.24, 2.45) is 12.5 Å². The Hall–Kier alpha value is -2.49. The summed E-state index contributed by atoms with van der Waals surface area (Å²) < 4.78 is 3.59. The molecule has 0 aliphatic carbocycles. The fraction of sp³-hybridized carbons (Fsp3) is 0.316. The number of imidazole rings is 1. The Kier molecular flexibility index (Phi) is 3.55. The number of aromatic nitrogens is 2. The molecule has 1 heterocycles. The molecule has 120 valence electrons. The van der Waals surface area contributed by atoms with Crippen molar-refractivity contribution in [2.45, 2.75) is 27.3 Å². The van der Waals surface area contributed by atoms with Crippen molar-refractivity contribution >= 4 is 16.7 Å². The standard InChI is InChI=1S/C19H23N3O/c1-19(2,3)12-22-16-10-7-14(11-17(16)21(4)18(22)23)13-5-8-15(20)9-6-13/h5-11H,12,20H2,1-4H3. The molecule has 0 amide bonds. The Labute approximate surface area is 136 Å². The van der Waals surface area contributed by atoms with E-state index in [1.165, 1.54) is 0 Å². The summed E-state index contributed by atoms with van der Waals surface area (Å²) in [6, 6.07) is 14.0. The molecule has 0 bridgehead atoms. The highest BCUT2D eigenvalue weighted by Gasteiger charge is 2.17. The fourth-order valence-corrected chi connectivity index (χ4v) is 2.89. The van der Waals surface area contributed by atoms with Gasteiger partial charge in [0.1, 0.15) is 0 Å². The minimum atomic E-state index is 0.0318. The number of nitrogens with two attached hydrogens (primary N) is 1. The van der Waals surface area contributed by atoms with Crippen LogP contribution in [0.2, 0.25) is 0 Å². The van der Waals surface area contributed by atoms with Gasteiger partial charge in [-0.1, -0.05) is 39.0 Å². The van der Waals surface area contributed by atoms with E-state index >= 15 is 0 Å². The van der Waals surface area contributed by atoms with E-state index in [0.29, 0.717) is 6.54 Å². The van der Waals surface area contributed by atoms with Crippen LogP contribution in [0.1, 0.15) is 20.8 Å². The van der Waals surface area contributed by atoms with Crippen LogP contribution >= 0.6 is 0 Å². The summed E-state index contributed by atoms with van der Waals surface area (Å²) in [5, 5.41) is 0. The number of hydrogen-bond acceptors (Lipinski definition) is 2. The molecule has 0 aliphatic heterocycles. The summed E-state index contributed by atoms with van der Waals surface area (Å²) in [5.74, 6) is 0. The first-order valence-electron chi connectivity index (χ1n) is 7.81. The van der Waals surface area contributed by atoms with Crippen LogP contribution in [0.15, 0.2) is 47.3 Å². The van der Waals surface area contributed by atoms with Crippen LogP contribution < -0.4 is 11.4 Å². The smallest absolute Gasteiger partial charge is 0.328 e. The van der Waals surface area contributed by atoms with Crippen LogP contribution in [0.25, 0.3) is 22.2 Å². The molecule has 0 spiro atoms. The van der Waals surface area contributed by atoms with Gasteiger partial charge in [0.25, 0.3) is 0 Å². The van der Waals surface area contributed by atoms with E-state index in [2.05, 4.69) is 32.9 Å². The lowest BCUT2D eigenvalue weighted by Gasteiger charge is -2.18. The van der Waals surface area contributed by atoms with Crippen LogP contribution in [0.3, 0.4) is 0 Å². The second-order valence-corrected chi connectivity index (χ2v) is 7.31. The topological polar surface area (TPSA) is 53.0 Å². The normalized spacial score (nSPS) is 12.0. The summed E-state index contributed by atoms with van der Waals surface area (Å²) in [4.78, 5) is 12.6. The van der Waals surface area contributed by atoms with Gasteiger partial charge in [0.05, 0.1) is 11.0 Å². The summed E-state index contributed by atoms with van der Waals surface area (Å²) in [7, 11) is 1.83. The van der Waals surface area contributed by atoms with Gasteiger partial charge in [-0.25, -0.2) is 4.79 Å². The lowest BCUT2D eigenvalue weighted by atomic mass is 9.97. The number of nitrogens with zero attached hydrogens (tertiary/aromatic N) is 2. The number of hydrogen-bond donors (Lipinski definition) is 1. The van der Waals surface area contributed by atoms with E-state index in [1.54, 1.807) is 4.57 Å². The van der Waals surface area contributed by atoms with Crippen molar-refractivity contribution in [2.75, 3.05) is 5.73 Å². The first-order valence-corrected chi connectivity index (χ1v) is 7.81. The Morgan fingerprint density at radius 2 is 1.57 bits per heavy atom. The molecule has 2 aromatic carbocycles. The molecule has 0 aliphatic rings. The Bertz CT molecular complexity index is 909. The van der Waals surface area contributed by atoms with Crippen molar-refractivity contribution in [3.8, 4) is 11.1 Å². The van der Waals surface area contributed by atoms with Crippen molar-refractivity contribution in [1.82, 2.24) is 9.13 Å². The van der Waals surface area contributed by atoms with E-state index in [1.807, 2.05) is 41.9 Å². The molecule has 2 N–H and O–H groups in total. The van der Waals surface area contributed by atoms with Crippen LogP contribution in [0.4, 0.5) is 5.69 Å². The Morgan fingerprint density at radius 3 is 2.17 bits per heavy atom. The zero-order chi connectivity index (χ0) is 16.8. The molecule has 4 heteroatoms. The highest BCUT2D eigenvalue weighted by molar-refractivity contribution is 5.83. The summed E-state index contributed by atoms with van der Waals surface area (Å²) >= 11 is 0. The highest BCUT2D eigenvalue weighted by Crippen LogP contribution is 2.26. The molecule has 0 saturated carbocycles. The summed E-state index contributed by atoms with van der Waals surface area (Å²) in [5.41, 5.74) is 10.7. The third-order valence-electron chi connectivity index (χ3n) is 4.02. The molecule has 4 nitrogen and oxygen atoms in total. The molecule has 0 fully saturated rings. The van der Waals surface area contributed by atoms with Gasteiger partial charge in [-0.2, -0.15) is 0 Å². The van der Waals surface area contributed by atoms with Gasteiger partial charge < -0.3 is 5.73 Å². The zero-order valence-corrected chi connectivity index (χ0v) is 14.1. The SMILES string of the molecule is Cn1c(=O)n(CC(C)(C)C)c2ccc(-c3ccc(N)cc3)cc21. The van der Waals surface area contributed by atoms with Crippen LogP contribution in [-0.2, 0) is 13.6 Å². The Balaban J connectivity index is 2.16. The van der Waals surface area contributed by atoms with E-state index in [9.17, 15) is 4.79 Å². The molecule has 0 unspecified atom stereocenters. The highest BCUT2D eigenvalue weighted by atomic mass is 16.1. The van der Waals surface area contributed by atoms with E-state index in [-0.39, 0.29) is 11.1 Å². The Morgan fingerprint density at radius 1 is 0.957 bits per heavy atom. The second kappa shape index (κ2) is 5.30. The molecular formula is C19H23N3O. The fourth-order valence-electron chi connectivity index (χ4n) is 2.89. The second-order valence-electron chi connectivity index (χ2n) is 7.31. The van der Waals surface area contributed by atoms with E-state index < -0.39 is 0 Å². The first-order chi connectivity index (χ1) is 10.8. The maximum absolute atomic E-state index is 12.6. The average molecular weight is 309 g/mol. The van der Waals surface area contributed by atoms with Gasteiger partial charge in [-0.15, -0.1) is 0 Å². The molecule has 23 heavy (non-hydrogen) atoms. The van der Waals surface area contributed by atoms with E-state index in [0.717, 1.165) is 27.8 Å². The number of rotatable bonds is 2. The molecule has 3 aromatic rings. The average Bonchev–Trinajstić information content (AvgIpc) is 2.71. The van der Waals surface area contributed by atoms with Gasteiger partial charge in [-0.3, -0.25) is 9.13 Å². The lowest BCUT2D eigenvalue weighted by Crippen LogP contribution is -2.27. The van der Waals surface area contributed by atoms with Crippen LogP contribution in [-0.4, -0.2) is 9.13 Å². The number of fused-ring (bicyclic) bond motifs is 1. The lowest BCUT2D eigenvalue weighted by molar-refractivity contribution is 0.342. The number of benzene rings is 2. The number of aryl methyl sites for hydroxylation is 1. The van der Waals surface area contributed by atoms with E-state index in [4.69, 9.17) is 5.73 Å². The minimum Gasteiger partial charge on any atom is -0.399 e. The predicted octanol–water partition coefficient (Wildman–Crippen LogP) is 3.64. The zero-order valence-electron chi connectivity index (χ0n) is 14.1. The largest absolute Gasteiger partial charge is 0.399 e. The third-order valence-corrected chi connectivity index (χ3v) is 4.02. The van der Waals surface area contributed by atoms with Gasteiger partial charge in [0.15, 0.2) is 0 Å². The maximum atomic E-state index is 12.6. The van der Waals surface area contributed by atoms with Crippen LogP contribution in [0, 0.1) is 5.41 Å². The molecule has 0 saturated heterocycles. The molecule has 0 radical (unpaired) electrons. The van der Waals surface area contributed by atoms with Crippen molar-refractivity contribution in [1.29, 1.82) is 0 Å². The van der Waals surface area contributed by atoms with Crippen molar-refractivity contribution < 1.29 is 0 Å². The number of anilines is 1. The molecule has 3 rings (SSSR count). The summed E-state index contributed by atoms with van der Waals surface area (Å²) in [6.07, 6.45) is 0. The van der Waals surface area contributed by atoms with Gasteiger partial charge >= 0.3 is 5.69 Å². The molecular weight excluding hydrogens is 286 g/mol. The predicted molar refractivity (Wildman–Crippen MR) is 96.5 cm³/mol. The third kappa shape index (κ3) is 2.89. The van der Waals surface area contributed by atoms with Gasteiger partial charge in [0.2, 0.25) is 0 Å². The minimum absolute atomic E-state index is 0.0318. The van der Waals surface area contributed by atoms with Crippen LogP contribution in [0.5, 0.6) is 0 Å². The van der Waals surface area contributed by atoms with Gasteiger partial charge in [-0.05, 0) is 40.8 Å². The maximum Gasteiger partial charge on any atom is 0.328 e. The summed E-state index contributed by atoms with van der Waals surface area (Å²) in [6.45, 7) is 7.12. The quantitative estimate of drug-likeness (QED) is 0.735. The van der Waals surface area contributed by atoms with Gasteiger partial charge in [0, 0.05) is 19.3 Å². The number of nitrogen functional groups attached to an aromatic ring is 1. The van der Waals surface area contributed by atoms with Crippen molar-refractivity contribution in [3.05, 3.63) is 52.9 Å². The molecule has 0 atom stereocenters. The first kappa shape index (κ1) is 15.4. The monoisotopic (exact) mass is 309 g/mol. The van der Waals surface area contributed by atoms with Crippen molar-refractivity contribution in [3.63, 3.8) is 0 Å². The molecule has 1 aromatic heterocycles.